The van der Waals surface area contributed by atoms with Crippen LogP contribution in [0.1, 0.15) is 11.1 Å². The van der Waals surface area contributed by atoms with Crippen molar-refractivity contribution in [3.63, 3.8) is 0 Å². The molecular formula is C13H13F3N2O. The van der Waals surface area contributed by atoms with E-state index >= 15 is 0 Å². The first-order chi connectivity index (χ1) is 8.89. The lowest BCUT2D eigenvalue weighted by molar-refractivity contribution is -0.137. The molecule has 0 spiro atoms. The number of benzene rings is 1. The van der Waals surface area contributed by atoms with Crippen molar-refractivity contribution in [2.75, 3.05) is 0 Å². The summed E-state index contributed by atoms with van der Waals surface area (Å²) in [4.78, 5) is 13.3. The van der Waals surface area contributed by atoms with Gasteiger partial charge in [0.2, 0.25) is 5.91 Å². The molecule has 0 aliphatic heterocycles. The van der Waals surface area contributed by atoms with Crippen molar-refractivity contribution in [2.45, 2.75) is 12.6 Å². The van der Waals surface area contributed by atoms with Crippen LogP contribution in [0, 0.1) is 0 Å². The maximum atomic E-state index is 12.1. The number of hydrogen-bond acceptors (Lipinski definition) is 1. The SMILES string of the molecule is NC(=O)Cc1ccc(C(F)(F)F)cc1.c1cc[nH]c1. The highest BCUT2D eigenvalue weighted by atomic mass is 19.4. The number of carbonyl (C=O) groups excluding carboxylic acids is 1. The van der Waals surface area contributed by atoms with Gasteiger partial charge in [0.05, 0.1) is 12.0 Å². The highest BCUT2D eigenvalue weighted by Gasteiger charge is 2.29. The molecule has 0 radical (unpaired) electrons. The largest absolute Gasteiger partial charge is 0.416 e. The van der Waals surface area contributed by atoms with E-state index in [-0.39, 0.29) is 6.42 Å². The summed E-state index contributed by atoms with van der Waals surface area (Å²) in [6, 6.07) is 8.23. The van der Waals surface area contributed by atoms with E-state index in [2.05, 4.69) is 4.98 Å². The summed E-state index contributed by atoms with van der Waals surface area (Å²) < 4.78 is 36.3. The lowest BCUT2D eigenvalue weighted by Crippen LogP contribution is -2.13. The smallest absolute Gasteiger partial charge is 0.369 e. The lowest BCUT2D eigenvalue weighted by atomic mass is 10.1. The number of halogens is 3. The van der Waals surface area contributed by atoms with Gasteiger partial charge in [-0.3, -0.25) is 4.79 Å². The molecule has 6 heteroatoms. The summed E-state index contributed by atoms with van der Waals surface area (Å²) in [6.07, 6.45) is -0.636. The number of aromatic nitrogens is 1. The predicted molar refractivity (Wildman–Crippen MR) is 65.1 cm³/mol. The molecule has 3 N–H and O–H groups in total. The first-order valence-electron chi connectivity index (χ1n) is 5.42. The second-order valence-corrected chi connectivity index (χ2v) is 3.72. The fourth-order valence-corrected chi connectivity index (χ4v) is 1.29. The molecule has 2 rings (SSSR count). The first kappa shape index (κ1) is 14.8. The molecule has 1 heterocycles. The Balaban J connectivity index is 0.000000300. The molecule has 0 bridgehead atoms. The lowest BCUT2D eigenvalue weighted by Gasteiger charge is -2.06. The average molecular weight is 270 g/mol. The minimum absolute atomic E-state index is 0.0435. The van der Waals surface area contributed by atoms with Crippen LogP contribution in [0.15, 0.2) is 48.8 Å². The van der Waals surface area contributed by atoms with Gasteiger partial charge in [-0.2, -0.15) is 13.2 Å². The van der Waals surface area contributed by atoms with Crippen molar-refractivity contribution >= 4 is 5.91 Å². The van der Waals surface area contributed by atoms with E-state index in [0.717, 1.165) is 12.1 Å². The third-order valence-corrected chi connectivity index (χ3v) is 2.16. The van der Waals surface area contributed by atoms with Crippen LogP contribution in [0.25, 0.3) is 0 Å². The third kappa shape index (κ3) is 5.76. The van der Waals surface area contributed by atoms with Gasteiger partial charge in [0.25, 0.3) is 0 Å². The Morgan fingerprint density at radius 1 is 1.11 bits per heavy atom. The Bertz CT molecular complexity index is 472. The molecule has 0 saturated heterocycles. The van der Waals surface area contributed by atoms with Crippen molar-refractivity contribution in [2.24, 2.45) is 5.73 Å². The highest BCUT2D eigenvalue weighted by Crippen LogP contribution is 2.29. The van der Waals surface area contributed by atoms with E-state index in [0.29, 0.717) is 5.56 Å². The molecule has 19 heavy (non-hydrogen) atoms. The van der Waals surface area contributed by atoms with E-state index in [4.69, 9.17) is 5.73 Å². The number of alkyl halides is 3. The summed E-state index contributed by atoms with van der Waals surface area (Å²) in [6.45, 7) is 0. The summed E-state index contributed by atoms with van der Waals surface area (Å²) in [5, 5.41) is 0. The fourth-order valence-electron chi connectivity index (χ4n) is 1.29. The van der Waals surface area contributed by atoms with Crippen molar-refractivity contribution in [3.05, 3.63) is 59.9 Å². The zero-order valence-electron chi connectivity index (χ0n) is 9.95. The molecule has 2 aromatic rings. The summed E-state index contributed by atoms with van der Waals surface area (Å²) in [7, 11) is 0. The minimum atomic E-state index is -4.34. The molecule has 1 amide bonds. The van der Waals surface area contributed by atoms with Gasteiger partial charge in [0, 0.05) is 12.4 Å². The topological polar surface area (TPSA) is 58.9 Å². The van der Waals surface area contributed by atoms with Gasteiger partial charge in [-0.25, -0.2) is 0 Å². The molecule has 0 atom stereocenters. The van der Waals surface area contributed by atoms with E-state index in [9.17, 15) is 18.0 Å². The van der Waals surface area contributed by atoms with Gasteiger partial charge in [0.1, 0.15) is 0 Å². The normalized spacial score (nSPS) is 10.5. The number of primary amides is 1. The van der Waals surface area contributed by atoms with Gasteiger partial charge < -0.3 is 10.7 Å². The van der Waals surface area contributed by atoms with E-state index in [1.807, 2.05) is 24.5 Å². The number of H-pyrrole nitrogens is 1. The zero-order valence-corrected chi connectivity index (χ0v) is 9.95. The number of amides is 1. The van der Waals surface area contributed by atoms with Crippen LogP contribution in [0.5, 0.6) is 0 Å². The molecule has 0 aliphatic rings. The maximum absolute atomic E-state index is 12.1. The summed E-state index contributed by atoms with van der Waals surface area (Å²) >= 11 is 0. The Hall–Kier alpha value is -2.24. The molecule has 3 nitrogen and oxygen atoms in total. The third-order valence-electron chi connectivity index (χ3n) is 2.16. The highest BCUT2D eigenvalue weighted by molar-refractivity contribution is 5.76. The van der Waals surface area contributed by atoms with Crippen molar-refractivity contribution in [1.82, 2.24) is 4.98 Å². The number of carbonyl (C=O) groups is 1. The van der Waals surface area contributed by atoms with Crippen molar-refractivity contribution in [1.29, 1.82) is 0 Å². The van der Waals surface area contributed by atoms with Gasteiger partial charge in [-0.05, 0) is 29.8 Å². The minimum Gasteiger partial charge on any atom is -0.369 e. The number of rotatable bonds is 2. The van der Waals surface area contributed by atoms with E-state index in [1.54, 1.807) is 0 Å². The first-order valence-corrected chi connectivity index (χ1v) is 5.42. The molecule has 0 aliphatic carbocycles. The summed E-state index contributed by atoms with van der Waals surface area (Å²) in [5.74, 6) is -0.565. The Kier molecular flexibility index (Phi) is 5.17. The molecular weight excluding hydrogens is 257 g/mol. The predicted octanol–water partition coefficient (Wildman–Crippen LogP) is 2.75. The quantitative estimate of drug-likeness (QED) is 0.866. The van der Waals surface area contributed by atoms with E-state index in [1.165, 1.54) is 12.1 Å². The second kappa shape index (κ2) is 6.63. The van der Waals surface area contributed by atoms with Crippen molar-refractivity contribution < 1.29 is 18.0 Å². The van der Waals surface area contributed by atoms with Crippen LogP contribution >= 0.6 is 0 Å². The number of nitrogens with two attached hydrogens (primary N) is 1. The zero-order chi connectivity index (χ0) is 14.3. The van der Waals surface area contributed by atoms with Crippen LogP contribution in [0.4, 0.5) is 13.2 Å². The van der Waals surface area contributed by atoms with E-state index < -0.39 is 17.6 Å². The van der Waals surface area contributed by atoms with Crippen LogP contribution in [0.2, 0.25) is 0 Å². The molecule has 1 aromatic heterocycles. The Morgan fingerprint density at radius 2 is 1.63 bits per heavy atom. The second-order valence-electron chi connectivity index (χ2n) is 3.72. The number of hydrogen-bond donors (Lipinski definition) is 2. The van der Waals surface area contributed by atoms with Crippen LogP contribution in [-0.4, -0.2) is 10.9 Å². The summed E-state index contributed by atoms with van der Waals surface area (Å²) in [5.41, 5.74) is 4.63. The monoisotopic (exact) mass is 270 g/mol. The maximum Gasteiger partial charge on any atom is 0.416 e. The molecule has 0 saturated carbocycles. The van der Waals surface area contributed by atoms with Gasteiger partial charge >= 0.3 is 6.18 Å². The average Bonchev–Trinajstić information content (AvgIpc) is 2.86. The van der Waals surface area contributed by atoms with Crippen LogP contribution in [-0.2, 0) is 17.4 Å². The Labute approximate surface area is 108 Å². The molecule has 1 aromatic carbocycles. The van der Waals surface area contributed by atoms with Crippen molar-refractivity contribution in [3.8, 4) is 0 Å². The van der Waals surface area contributed by atoms with Crippen LogP contribution < -0.4 is 5.73 Å². The van der Waals surface area contributed by atoms with Gasteiger partial charge in [-0.1, -0.05) is 12.1 Å². The standard InChI is InChI=1S/C9H8F3NO.C4H5N/c10-9(11,12)7-3-1-6(2-4-7)5-8(13)14;1-2-4-5-3-1/h1-4H,5H2,(H2,13,14);1-5H. The number of nitrogens with one attached hydrogen (secondary N) is 1. The fraction of sp³-hybridized carbons (Fsp3) is 0.154. The molecule has 0 fully saturated rings. The molecule has 102 valence electrons. The number of aromatic amines is 1. The molecule has 0 unspecified atom stereocenters. The Morgan fingerprint density at radius 3 is 1.95 bits per heavy atom. The van der Waals surface area contributed by atoms with Gasteiger partial charge in [-0.15, -0.1) is 0 Å². The van der Waals surface area contributed by atoms with Crippen LogP contribution in [0.3, 0.4) is 0 Å². The van der Waals surface area contributed by atoms with Gasteiger partial charge in [0.15, 0.2) is 0 Å².